The fourth-order valence-electron chi connectivity index (χ4n) is 2.89. The lowest BCUT2D eigenvalue weighted by atomic mass is 10.2. The third-order valence-electron chi connectivity index (χ3n) is 4.45. The Morgan fingerprint density at radius 1 is 0.867 bits per heavy atom. The first kappa shape index (κ1) is 22.3. The lowest BCUT2D eigenvalue weighted by Crippen LogP contribution is -2.30. The molecular weight excluding hydrogens is 445 g/mol. The number of sulfonamides is 1. The molecule has 0 saturated carbocycles. The van der Waals surface area contributed by atoms with Gasteiger partial charge in [-0.05, 0) is 67.6 Å². The molecule has 0 aromatic heterocycles. The monoisotopic (exact) mass is 465 g/mol. The molecule has 0 aliphatic carbocycles. The van der Waals surface area contributed by atoms with Crippen LogP contribution in [0.2, 0.25) is 10.0 Å². The SMILES string of the molecule is CCOc1ccc(N(Cc2c(Cl)cccc2Cl)S(=O)(=O)c2ccc(OC)cc2)cc1. The number of anilines is 1. The predicted octanol–water partition coefficient (Wildman–Crippen LogP) is 5.80. The zero-order valence-corrected chi connectivity index (χ0v) is 18.8. The van der Waals surface area contributed by atoms with Gasteiger partial charge < -0.3 is 9.47 Å². The summed E-state index contributed by atoms with van der Waals surface area (Å²) in [5.74, 6) is 1.22. The number of hydrogen-bond acceptors (Lipinski definition) is 4. The maximum Gasteiger partial charge on any atom is 0.264 e. The summed E-state index contributed by atoms with van der Waals surface area (Å²) >= 11 is 12.6. The van der Waals surface area contributed by atoms with E-state index in [2.05, 4.69) is 0 Å². The molecule has 0 heterocycles. The zero-order chi connectivity index (χ0) is 21.7. The van der Waals surface area contributed by atoms with Crippen molar-refractivity contribution in [2.45, 2.75) is 18.4 Å². The van der Waals surface area contributed by atoms with Gasteiger partial charge in [-0.15, -0.1) is 0 Å². The summed E-state index contributed by atoms with van der Waals surface area (Å²) in [4.78, 5) is 0.125. The van der Waals surface area contributed by atoms with E-state index >= 15 is 0 Å². The summed E-state index contributed by atoms with van der Waals surface area (Å²) in [5.41, 5.74) is 0.983. The molecule has 0 atom stereocenters. The van der Waals surface area contributed by atoms with E-state index in [1.165, 1.54) is 23.5 Å². The highest BCUT2D eigenvalue weighted by molar-refractivity contribution is 7.92. The molecule has 0 bridgehead atoms. The zero-order valence-electron chi connectivity index (χ0n) is 16.5. The van der Waals surface area contributed by atoms with Gasteiger partial charge in [0.1, 0.15) is 11.5 Å². The number of hydrogen-bond donors (Lipinski definition) is 0. The van der Waals surface area contributed by atoms with Crippen molar-refractivity contribution < 1.29 is 17.9 Å². The number of nitrogens with zero attached hydrogens (tertiary/aromatic N) is 1. The van der Waals surface area contributed by atoms with E-state index < -0.39 is 10.0 Å². The summed E-state index contributed by atoms with van der Waals surface area (Å²) < 4.78 is 39.0. The second-order valence-corrected chi connectivity index (χ2v) is 8.99. The normalized spacial score (nSPS) is 11.2. The molecule has 158 valence electrons. The fraction of sp³-hybridized carbons (Fsp3) is 0.182. The molecule has 3 aromatic rings. The molecule has 0 aliphatic heterocycles. The van der Waals surface area contributed by atoms with Gasteiger partial charge in [-0.3, -0.25) is 4.31 Å². The van der Waals surface area contributed by atoms with Crippen LogP contribution in [-0.2, 0) is 16.6 Å². The van der Waals surface area contributed by atoms with Crippen molar-refractivity contribution in [3.8, 4) is 11.5 Å². The molecule has 0 radical (unpaired) electrons. The molecule has 0 amide bonds. The Bertz CT molecular complexity index is 1080. The highest BCUT2D eigenvalue weighted by Crippen LogP contribution is 2.32. The van der Waals surface area contributed by atoms with Gasteiger partial charge in [0.05, 0.1) is 30.8 Å². The van der Waals surface area contributed by atoms with Crippen molar-refractivity contribution in [3.63, 3.8) is 0 Å². The minimum Gasteiger partial charge on any atom is -0.497 e. The molecule has 3 rings (SSSR count). The molecule has 0 fully saturated rings. The molecular formula is C22H21Cl2NO4S. The van der Waals surface area contributed by atoms with Crippen LogP contribution in [0.5, 0.6) is 11.5 Å². The second kappa shape index (κ2) is 9.60. The highest BCUT2D eigenvalue weighted by atomic mass is 35.5. The first-order chi connectivity index (χ1) is 14.4. The van der Waals surface area contributed by atoms with Gasteiger partial charge in [-0.1, -0.05) is 29.3 Å². The maximum atomic E-state index is 13.5. The predicted molar refractivity (Wildman–Crippen MR) is 120 cm³/mol. The van der Waals surface area contributed by atoms with Crippen molar-refractivity contribution in [1.29, 1.82) is 0 Å². The number of rotatable bonds is 8. The smallest absolute Gasteiger partial charge is 0.264 e. The molecule has 5 nitrogen and oxygen atoms in total. The van der Waals surface area contributed by atoms with Crippen molar-refractivity contribution in [1.82, 2.24) is 0 Å². The first-order valence-corrected chi connectivity index (χ1v) is 11.4. The summed E-state index contributed by atoms with van der Waals surface area (Å²) in [6.07, 6.45) is 0. The van der Waals surface area contributed by atoms with Gasteiger partial charge in [-0.25, -0.2) is 8.42 Å². The molecule has 0 spiro atoms. The maximum absolute atomic E-state index is 13.5. The summed E-state index contributed by atoms with van der Waals surface area (Å²) in [7, 11) is -2.39. The van der Waals surface area contributed by atoms with Crippen LogP contribution in [0.15, 0.2) is 71.6 Å². The van der Waals surface area contributed by atoms with Crippen molar-refractivity contribution in [3.05, 3.63) is 82.3 Å². The van der Waals surface area contributed by atoms with E-state index in [4.69, 9.17) is 32.7 Å². The Kier molecular flexibility index (Phi) is 7.13. The third kappa shape index (κ3) is 4.83. The summed E-state index contributed by atoms with van der Waals surface area (Å²) in [6, 6.07) is 18.1. The van der Waals surface area contributed by atoms with E-state index in [1.54, 1.807) is 54.6 Å². The molecule has 0 saturated heterocycles. The van der Waals surface area contributed by atoms with Crippen LogP contribution in [0.1, 0.15) is 12.5 Å². The average Bonchev–Trinajstić information content (AvgIpc) is 2.74. The Morgan fingerprint density at radius 2 is 1.43 bits per heavy atom. The van der Waals surface area contributed by atoms with Gasteiger partial charge in [0.15, 0.2) is 0 Å². The lowest BCUT2D eigenvalue weighted by molar-refractivity contribution is 0.340. The summed E-state index contributed by atoms with van der Waals surface area (Å²) in [5, 5.41) is 0.784. The van der Waals surface area contributed by atoms with Crippen LogP contribution in [0.25, 0.3) is 0 Å². The standard InChI is InChI=1S/C22H21Cl2NO4S/c1-3-29-18-9-7-16(8-10-18)25(15-20-21(23)5-4-6-22(20)24)30(26,27)19-13-11-17(28-2)12-14-19/h4-14H,3,15H2,1-2H3. The van der Waals surface area contributed by atoms with E-state index in [-0.39, 0.29) is 11.4 Å². The van der Waals surface area contributed by atoms with Crippen LogP contribution in [0, 0.1) is 0 Å². The number of ether oxygens (including phenoxy) is 2. The van der Waals surface area contributed by atoms with Crippen molar-refractivity contribution in [2.24, 2.45) is 0 Å². The van der Waals surface area contributed by atoms with Crippen LogP contribution >= 0.6 is 23.2 Å². The Morgan fingerprint density at radius 3 is 1.97 bits per heavy atom. The van der Waals surface area contributed by atoms with Crippen LogP contribution < -0.4 is 13.8 Å². The Labute approximate surface area is 186 Å². The van der Waals surface area contributed by atoms with Crippen LogP contribution in [0.4, 0.5) is 5.69 Å². The first-order valence-electron chi connectivity index (χ1n) is 9.19. The molecule has 30 heavy (non-hydrogen) atoms. The Hall–Kier alpha value is -2.41. The highest BCUT2D eigenvalue weighted by Gasteiger charge is 2.27. The van der Waals surface area contributed by atoms with E-state index in [0.29, 0.717) is 39.4 Å². The number of benzene rings is 3. The van der Waals surface area contributed by atoms with Gasteiger partial charge in [0, 0.05) is 15.6 Å². The molecule has 0 unspecified atom stereocenters. The largest absolute Gasteiger partial charge is 0.497 e. The Balaban J connectivity index is 2.08. The summed E-state index contributed by atoms with van der Waals surface area (Å²) in [6.45, 7) is 2.37. The number of methoxy groups -OCH3 is 1. The minimum absolute atomic E-state index is 0.0269. The molecule has 0 N–H and O–H groups in total. The van der Waals surface area contributed by atoms with Crippen LogP contribution in [-0.4, -0.2) is 22.1 Å². The fourth-order valence-corrected chi connectivity index (χ4v) is 4.84. The topological polar surface area (TPSA) is 55.8 Å². The van der Waals surface area contributed by atoms with Crippen LogP contribution in [0.3, 0.4) is 0 Å². The van der Waals surface area contributed by atoms with Crippen molar-refractivity contribution in [2.75, 3.05) is 18.0 Å². The second-order valence-electron chi connectivity index (χ2n) is 6.31. The molecule has 3 aromatic carbocycles. The molecule has 8 heteroatoms. The van der Waals surface area contributed by atoms with Gasteiger partial charge in [0.2, 0.25) is 0 Å². The van der Waals surface area contributed by atoms with Gasteiger partial charge >= 0.3 is 0 Å². The van der Waals surface area contributed by atoms with E-state index in [0.717, 1.165) is 0 Å². The quantitative estimate of drug-likeness (QED) is 0.421. The third-order valence-corrected chi connectivity index (χ3v) is 6.94. The van der Waals surface area contributed by atoms with E-state index in [1.807, 2.05) is 6.92 Å². The van der Waals surface area contributed by atoms with E-state index in [9.17, 15) is 8.42 Å². The van der Waals surface area contributed by atoms with Gasteiger partial charge in [-0.2, -0.15) is 0 Å². The van der Waals surface area contributed by atoms with Gasteiger partial charge in [0.25, 0.3) is 10.0 Å². The lowest BCUT2D eigenvalue weighted by Gasteiger charge is -2.26. The number of halogens is 2. The average molecular weight is 466 g/mol. The van der Waals surface area contributed by atoms with Crippen molar-refractivity contribution >= 4 is 38.9 Å². The molecule has 0 aliphatic rings. The minimum atomic E-state index is -3.92.